The fourth-order valence-electron chi connectivity index (χ4n) is 2.60. The van der Waals surface area contributed by atoms with Crippen LogP contribution in [0.5, 0.6) is 0 Å². The summed E-state index contributed by atoms with van der Waals surface area (Å²) in [6, 6.07) is 0. The molecule has 0 heterocycles. The van der Waals surface area contributed by atoms with Gasteiger partial charge in [0.1, 0.15) is 6.42 Å². The summed E-state index contributed by atoms with van der Waals surface area (Å²) < 4.78 is 0. The van der Waals surface area contributed by atoms with Crippen molar-refractivity contribution in [2.45, 2.75) is 6.42 Å². The molecule has 0 spiro atoms. The summed E-state index contributed by atoms with van der Waals surface area (Å²) in [6.45, 7) is -6.77. The minimum Gasteiger partial charge on any atom is -0.481 e. The molecule has 24 heavy (non-hydrogen) atoms. The van der Waals surface area contributed by atoms with Crippen molar-refractivity contribution in [1.82, 2.24) is 0 Å². The molecule has 0 radical (unpaired) electrons. The molecule has 10 heteroatoms. The molecule has 0 aliphatic heterocycles. The van der Waals surface area contributed by atoms with Gasteiger partial charge in [-0.1, -0.05) is 11.8 Å². The Kier molecular flexibility index (Phi) is 8.28. The first-order valence-electron chi connectivity index (χ1n) is 6.83. The van der Waals surface area contributed by atoms with Crippen LogP contribution in [0.4, 0.5) is 0 Å². The summed E-state index contributed by atoms with van der Waals surface area (Å²) in [7, 11) is 0. The summed E-state index contributed by atoms with van der Waals surface area (Å²) in [5.74, 6) is 0.825. The Morgan fingerprint density at radius 3 is 1.25 bits per heavy atom. The van der Waals surface area contributed by atoms with Gasteiger partial charge in [-0.05, 0) is 0 Å². The fraction of sp³-hybridized carbons (Fsp3) is 0.714. The molecule has 0 bridgehead atoms. The van der Waals surface area contributed by atoms with Gasteiger partial charge in [0.25, 0.3) is 0 Å². The zero-order chi connectivity index (χ0) is 19.0. The number of hydrogen-bond acceptors (Lipinski definition) is 8. The minimum atomic E-state index is -2.74. The van der Waals surface area contributed by atoms with Gasteiger partial charge in [-0.3, -0.25) is 9.59 Å². The highest BCUT2D eigenvalue weighted by Crippen LogP contribution is 2.51. The zero-order valence-corrected chi connectivity index (χ0v) is 12.8. The lowest BCUT2D eigenvalue weighted by Crippen LogP contribution is -2.66. The molecular formula is C14H22O10. The maximum Gasteiger partial charge on any atom is 0.323 e. The fourth-order valence-corrected chi connectivity index (χ4v) is 2.60. The highest BCUT2D eigenvalue weighted by molar-refractivity contribution is 5.82. The van der Waals surface area contributed by atoms with Crippen LogP contribution in [0.2, 0.25) is 0 Å². The van der Waals surface area contributed by atoms with Gasteiger partial charge in [-0.25, -0.2) is 0 Å². The lowest BCUT2D eigenvalue weighted by Gasteiger charge is -2.51. The standard InChI is InChI=1S/C14H22O10/c15-4-12(5-16,6-17)14(11(23)24,3-1-2-10(21)22)13(7-18,8-19)9-20/h15-20H,2,4-9H2,(H,21,22)(H,23,24). The van der Waals surface area contributed by atoms with Crippen LogP contribution in [0.25, 0.3) is 0 Å². The molecule has 138 valence electrons. The van der Waals surface area contributed by atoms with E-state index in [1.54, 1.807) is 0 Å². The van der Waals surface area contributed by atoms with E-state index in [0.29, 0.717) is 0 Å². The van der Waals surface area contributed by atoms with E-state index in [0.717, 1.165) is 0 Å². The first-order chi connectivity index (χ1) is 11.2. The molecule has 0 saturated carbocycles. The van der Waals surface area contributed by atoms with Crippen molar-refractivity contribution >= 4 is 11.9 Å². The van der Waals surface area contributed by atoms with Crippen LogP contribution in [0.3, 0.4) is 0 Å². The van der Waals surface area contributed by atoms with E-state index in [2.05, 4.69) is 5.92 Å². The quantitative estimate of drug-likeness (QED) is 0.183. The minimum absolute atomic E-state index is 0.814. The molecule has 0 aromatic rings. The second-order valence-corrected chi connectivity index (χ2v) is 5.44. The third kappa shape index (κ3) is 3.36. The third-order valence-electron chi connectivity index (χ3n) is 4.24. The van der Waals surface area contributed by atoms with Crippen molar-refractivity contribution in [2.24, 2.45) is 16.2 Å². The summed E-state index contributed by atoms with van der Waals surface area (Å²) in [5, 5.41) is 76.0. The summed E-state index contributed by atoms with van der Waals surface area (Å²) in [4.78, 5) is 22.7. The first-order valence-corrected chi connectivity index (χ1v) is 6.83. The number of aliphatic hydroxyl groups is 6. The largest absolute Gasteiger partial charge is 0.481 e. The van der Waals surface area contributed by atoms with Crippen molar-refractivity contribution in [2.75, 3.05) is 39.6 Å². The summed E-state index contributed by atoms with van der Waals surface area (Å²) in [6.07, 6.45) is -0.814. The van der Waals surface area contributed by atoms with E-state index in [-0.39, 0.29) is 0 Å². The van der Waals surface area contributed by atoms with Gasteiger partial charge < -0.3 is 40.9 Å². The second kappa shape index (κ2) is 8.93. The molecule has 10 nitrogen and oxygen atoms in total. The van der Waals surface area contributed by atoms with Crippen molar-refractivity contribution in [3.8, 4) is 11.8 Å². The molecule has 0 aromatic carbocycles. The molecule has 8 N–H and O–H groups in total. The Balaban J connectivity index is 6.86. The maximum atomic E-state index is 12.0. The number of aliphatic hydroxyl groups excluding tert-OH is 6. The van der Waals surface area contributed by atoms with Crippen LogP contribution in [-0.4, -0.2) is 92.4 Å². The van der Waals surface area contributed by atoms with Crippen molar-refractivity contribution in [3.63, 3.8) is 0 Å². The van der Waals surface area contributed by atoms with E-state index in [1.165, 1.54) is 0 Å². The molecule has 0 aliphatic carbocycles. The van der Waals surface area contributed by atoms with Crippen molar-refractivity contribution in [1.29, 1.82) is 0 Å². The number of carboxylic acid groups (broad SMARTS) is 2. The Bertz CT molecular complexity index is 459. The topological polar surface area (TPSA) is 196 Å². The van der Waals surface area contributed by atoms with Crippen LogP contribution < -0.4 is 0 Å². The van der Waals surface area contributed by atoms with Gasteiger partial charge in [-0.15, -0.1) is 0 Å². The van der Waals surface area contributed by atoms with E-state index in [1.807, 2.05) is 5.92 Å². The molecule has 0 saturated heterocycles. The van der Waals surface area contributed by atoms with Gasteiger partial charge >= 0.3 is 11.9 Å². The number of carboxylic acids is 2. The SMILES string of the molecule is O=C(O)CC#CC(C(=O)O)(C(CO)(CO)CO)C(CO)(CO)CO. The van der Waals surface area contributed by atoms with Gasteiger partial charge in [-0.2, -0.15) is 0 Å². The Labute approximate surface area is 137 Å². The number of hydrogen-bond donors (Lipinski definition) is 8. The number of carbonyl (C=O) groups is 2. The lowest BCUT2D eigenvalue weighted by atomic mass is 9.51. The van der Waals surface area contributed by atoms with Gasteiger partial charge in [0, 0.05) is 0 Å². The average molecular weight is 350 g/mol. The molecule has 0 amide bonds. The van der Waals surface area contributed by atoms with Crippen molar-refractivity contribution < 1.29 is 50.4 Å². The zero-order valence-electron chi connectivity index (χ0n) is 12.8. The predicted octanol–water partition coefficient (Wildman–Crippen LogP) is -3.54. The molecule has 0 aromatic heterocycles. The van der Waals surface area contributed by atoms with Crippen LogP contribution >= 0.6 is 0 Å². The van der Waals surface area contributed by atoms with Gasteiger partial charge in [0.15, 0.2) is 5.41 Å². The van der Waals surface area contributed by atoms with E-state index >= 15 is 0 Å². The molecule has 0 rings (SSSR count). The highest BCUT2D eigenvalue weighted by atomic mass is 16.4. The van der Waals surface area contributed by atoms with E-state index < -0.39 is 74.2 Å². The number of rotatable bonds is 10. The molecule has 0 fully saturated rings. The normalized spacial score (nSPS) is 12.4. The maximum absolute atomic E-state index is 12.0. The van der Waals surface area contributed by atoms with E-state index in [4.69, 9.17) is 5.11 Å². The first kappa shape index (κ1) is 22.3. The number of aliphatic carboxylic acids is 2. The van der Waals surface area contributed by atoms with Gasteiger partial charge in [0.2, 0.25) is 0 Å². The lowest BCUT2D eigenvalue weighted by molar-refractivity contribution is -0.198. The summed E-state index contributed by atoms with van der Waals surface area (Å²) >= 11 is 0. The monoisotopic (exact) mass is 350 g/mol. The predicted molar refractivity (Wildman–Crippen MR) is 77.5 cm³/mol. The highest BCUT2D eigenvalue weighted by Gasteiger charge is 2.67. The smallest absolute Gasteiger partial charge is 0.323 e. The van der Waals surface area contributed by atoms with Crippen LogP contribution in [0, 0.1) is 28.1 Å². The third-order valence-corrected chi connectivity index (χ3v) is 4.24. The average Bonchev–Trinajstić information content (AvgIpc) is 2.57. The van der Waals surface area contributed by atoms with Crippen LogP contribution in [0.15, 0.2) is 0 Å². The Morgan fingerprint density at radius 2 is 1.04 bits per heavy atom. The molecular weight excluding hydrogens is 328 g/mol. The second-order valence-electron chi connectivity index (χ2n) is 5.44. The Hall–Kier alpha value is -1.74. The van der Waals surface area contributed by atoms with Crippen molar-refractivity contribution in [3.05, 3.63) is 0 Å². The molecule has 0 aliphatic rings. The van der Waals surface area contributed by atoms with Gasteiger partial charge in [0.05, 0.1) is 50.5 Å². The molecule has 0 atom stereocenters. The van der Waals surface area contributed by atoms with Crippen LogP contribution in [0.1, 0.15) is 6.42 Å². The Morgan fingerprint density at radius 1 is 0.708 bits per heavy atom. The van der Waals surface area contributed by atoms with E-state index in [9.17, 15) is 45.3 Å². The summed E-state index contributed by atoms with van der Waals surface area (Å²) in [5.41, 5.74) is -7.33. The van der Waals surface area contributed by atoms with Crippen LogP contribution in [-0.2, 0) is 9.59 Å². The molecule has 0 unspecified atom stereocenters.